The number of nitrogens with one attached hydrogen (secondary N) is 1. The monoisotopic (exact) mass is 514 g/mol. The maximum absolute atomic E-state index is 13.2. The van der Waals surface area contributed by atoms with Crippen LogP contribution in [0.2, 0.25) is 0 Å². The van der Waals surface area contributed by atoms with Gasteiger partial charge in [0.1, 0.15) is 18.0 Å². The summed E-state index contributed by atoms with van der Waals surface area (Å²) in [6.07, 6.45) is 1.86. The van der Waals surface area contributed by atoms with Gasteiger partial charge in [-0.1, -0.05) is 30.3 Å². The summed E-state index contributed by atoms with van der Waals surface area (Å²) in [5.74, 6) is 1.02. The van der Waals surface area contributed by atoms with E-state index in [1.165, 1.54) is 4.90 Å². The Morgan fingerprint density at radius 3 is 2.11 bits per heavy atom. The number of benzene rings is 3. The summed E-state index contributed by atoms with van der Waals surface area (Å²) in [6.45, 7) is 0.356. The molecule has 9 heteroatoms. The van der Waals surface area contributed by atoms with E-state index in [4.69, 9.17) is 14.2 Å². The van der Waals surface area contributed by atoms with Crippen LogP contribution in [0, 0.1) is 0 Å². The van der Waals surface area contributed by atoms with E-state index in [0.717, 1.165) is 11.3 Å². The zero-order chi connectivity index (χ0) is 26.9. The summed E-state index contributed by atoms with van der Waals surface area (Å²) in [5, 5.41) is 2.89. The topological polar surface area (TPSA) is 94.9 Å². The molecule has 1 heterocycles. The van der Waals surface area contributed by atoms with Gasteiger partial charge in [-0.15, -0.1) is 0 Å². The number of ether oxygens (including phenoxy) is 3. The number of rotatable bonds is 11. The molecule has 0 aliphatic carbocycles. The van der Waals surface area contributed by atoms with Gasteiger partial charge in [-0.05, 0) is 48.5 Å². The Balaban J connectivity index is 1.58. The molecule has 0 spiro atoms. The van der Waals surface area contributed by atoms with Gasteiger partial charge in [0.05, 0.1) is 26.5 Å². The van der Waals surface area contributed by atoms with Gasteiger partial charge in [-0.3, -0.25) is 19.5 Å². The minimum Gasteiger partial charge on any atom is -0.497 e. The van der Waals surface area contributed by atoms with E-state index in [2.05, 4.69) is 10.3 Å². The minimum atomic E-state index is -0.386. The smallest absolute Gasteiger partial charge is 0.254 e. The molecule has 9 nitrogen and oxygen atoms in total. The average molecular weight is 515 g/mol. The van der Waals surface area contributed by atoms with Gasteiger partial charge in [0.2, 0.25) is 11.9 Å². The Kier molecular flexibility index (Phi) is 8.73. The first-order valence-corrected chi connectivity index (χ1v) is 12.0. The van der Waals surface area contributed by atoms with Crippen LogP contribution in [-0.2, 0) is 9.53 Å². The molecule has 4 rings (SSSR count). The highest BCUT2D eigenvalue weighted by Crippen LogP contribution is 2.25. The molecule has 0 aliphatic heterocycles. The van der Waals surface area contributed by atoms with Gasteiger partial charge < -0.3 is 19.1 Å². The van der Waals surface area contributed by atoms with Crippen molar-refractivity contribution in [3.05, 3.63) is 90.6 Å². The van der Waals surface area contributed by atoms with Crippen molar-refractivity contribution in [2.75, 3.05) is 46.3 Å². The number of anilines is 1. The number of hydrogen-bond acceptors (Lipinski definition) is 6. The summed E-state index contributed by atoms with van der Waals surface area (Å²) in [7, 11) is 4.71. The standard InChI is InChI=1S/C29H30N4O5/c1-36-18-17-32(28(35)22-9-13-24(37-2)14-10-22)20-27(34)31-29-30-26(21-7-5-4-6-8-21)19-33(29)23-11-15-25(38-3)16-12-23/h4-16,19H,17-18,20H2,1-3H3,(H,30,31,34). The number of carbonyl (C=O) groups is 2. The molecule has 0 radical (unpaired) electrons. The summed E-state index contributed by atoms with van der Waals surface area (Å²) in [5.41, 5.74) is 2.84. The van der Waals surface area contributed by atoms with Crippen LogP contribution in [-0.4, -0.2) is 67.3 Å². The molecule has 38 heavy (non-hydrogen) atoms. The van der Waals surface area contributed by atoms with Crippen molar-refractivity contribution in [1.82, 2.24) is 14.5 Å². The summed E-state index contributed by atoms with van der Waals surface area (Å²) >= 11 is 0. The first kappa shape index (κ1) is 26.4. The van der Waals surface area contributed by atoms with E-state index < -0.39 is 0 Å². The fourth-order valence-electron chi connectivity index (χ4n) is 3.86. The summed E-state index contributed by atoms with van der Waals surface area (Å²) < 4.78 is 17.4. The van der Waals surface area contributed by atoms with E-state index in [-0.39, 0.29) is 31.5 Å². The second-order valence-electron chi connectivity index (χ2n) is 8.38. The van der Waals surface area contributed by atoms with Crippen LogP contribution >= 0.6 is 0 Å². The van der Waals surface area contributed by atoms with E-state index in [0.29, 0.717) is 28.7 Å². The molecule has 3 aromatic carbocycles. The molecule has 2 amide bonds. The third kappa shape index (κ3) is 6.37. The second-order valence-corrected chi connectivity index (χ2v) is 8.38. The van der Waals surface area contributed by atoms with E-state index in [1.807, 2.05) is 60.8 Å². The molecule has 0 atom stereocenters. The molecule has 0 saturated heterocycles. The summed E-state index contributed by atoms with van der Waals surface area (Å²) in [6, 6.07) is 23.9. The lowest BCUT2D eigenvalue weighted by Crippen LogP contribution is -2.40. The van der Waals surface area contributed by atoms with Gasteiger partial charge in [0, 0.05) is 36.7 Å². The number of aromatic nitrogens is 2. The number of hydrogen-bond donors (Lipinski definition) is 1. The van der Waals surface area contributed by atoms with Crippen molar-refractivity contribution in [3.63, 3.8) is 0 Å². The fraction of sp³-hybridized carbons (Fsp3) is 0.207. The molecule has 0 unspecified atom stereocenters. The van der Waals surface area contributed by atoms with Crippen molar-refractivity contribution in [1.29, 1.82) is 0 Å². The molecule has 0 aliphatic rings. The van der Waals surface area contributed by atoms with Crippen LogP contribution in [0.1, 0.15) is 10.4 Å². The van der Waals surface area contributed by atoms with Crippen LogP contribution in [0.4, 0.5) is 5.95 Å². The van der Waals surface area contributed by atoms with Crippen molar-refractivity contribution in [3.8, 4) is 28.4 Å². The number of carbonyl (C=O) groups excluding carboxylic acids is 2. The highest BCUT2D eigenvalue weighted by atomic mass is 16.5. The number of imidazole rings is 1. The zero-order valence-corrected chi connectivity index (χ0v) is 21.6. The third-order valence-electron chi connectivity index (χ3n) is 5.90. The van der Waals surface area contributed by atoms with E-state index >= 15 is 0 Å². The lowest BCUT2D eigenvalue weighted by molar-refractivity contribution is -0.117. The minimum absolute atomic E-state index is 0.176. The first-order chi connectivity index (χ1) is 18.5. The number of methoxy groups -OCH3 is 3. The maximum Gasteiger partial charge on any atom is 0.254 e. The molecule has 1 N–H and O–H groups in total. The van der Waals surface area contributed by atoms with Gasteiger partial charge in [-0.2, -0.15) is 0 Å². The zero-order valence-electron chi connectivity index (χ0n) is 21.6. The highest BCUT2D eigenvalue weighted by Gasteiger charge is 2.21. The highest BCUT2D eigenvalue weighted by molar-refractivity contribution is 5.99. The van der Waals surface area contributed by atoms with Crippen molar-refractivity contribution >= 4 is 17.8 Å². The van der Waals surface area contributed by atoms with E-state index in [9.17, 15) is 9.59 Å². The largest absolute Gasteiger partial charge is 0.497 e. The molecule has 4 aromatic rings. The molecular weight excluding hydrogens is 484 g/mol. The van der Waals surface area contributed by atoms with Crippen molar-refractivity contribution in [2.24, 2.45) is 0 Å². The normalized spacial score (nSPS) is 10.6. The lowest BCUT2D eigenvalue weighted by atomic mass is 10.2. The van der Waals surface area contributed by atoms with Crippen LogP contribution in [0.15, 0.2) is 85.1 Å². The van der Waals surface area contributed by atoms with Gasteiger partial charge >= 0.3 is 0 Å². The Labute approximate surface area is 221 Å². The van der Waals surface area contributed by atoms with Crippen LogP contribution in [0.3, 0.4) is 0 Å². The molecular formula is C29H30N4O5. The Bertz CT molecular complexity index is 1350. The molecule has 1 aromatic heterocycles. The quantitative estimate of drug-likeness (QED) is 0.321. The van der Waals surface area contributed by atoms with E-state index in [1.54, 1.807) is 50.2 Å². The van der Waals surface area contributed by atoms with Crippen molar-refractivity contribution in [2.45, 2.75) is 0 Å². The van der Waals surface area contributed by atoms with Crippen LogP contribution in [0.25, 0.3) is 16.9 Å². The lowest BCUT2D eigenvalue weighted by Gasteiger charge is -2.22. The summed E-state index contributed by atoms with van der Waals surface area (Å²) in [4.78, 5) is 32.5. The van der Waals surface area contributed by atoms with Crippen LogP contribution in [0.5, 0.6) is 11.5 Å². The Morgan fingerprint density at radius 2 is 1.50 bits per heavy atom. The van der Waals surface area contributed by atoms with Crippen LogP contribution < -0.4 is 14.8 Å². The van der Waals surface area contributed by atoms with Gasteiger partial charge in [0.15, 0.2) is 0 Å². The molecule has 0 fully saturated rings. The first-order valence-electron chi connectivity index (χ1n) is 12.0. The molecule has 196 valence electrons. The van der Waals surface area contributed by atoms with Gasteiger partial charge in [-0.25, -0.2) is 4.98 Å². The van der Waals surface area contributed by atoms with Gasteiger partial charge in [0.25, 0.3) is 5.91 Å². The third-order valence-corrected chi connectivity index (χ3v) is 5.90. The Hall–Kier alpha value is -4.63. The molecule has 0 bridgehead atoms. The predicted molar refractivity (Wildman–Crippen MR) is 145 cm³/mol. The second kappa shape index (κ2) is 12.6. The Morgan fingerprint density at radius 1 is 0.868 bits per heavy atom. The average Bonchev–Trinajstić information content (AvgIpc) is 3.39. The number of amides is 2. The number of nitrogens with zero attached hydrogens (tertiary/aromatic N) is 3. The SMILES string of the molecule is COCCN(CC(=O)Nc1nc(-c2ccccc2)cn1-c1ccc(OC)cc1)C(=O)c1ccc(OC)cc1. The molecule has 0 saturated carbocycles. The maximum atomic E-state index is 13.2. The predicted octanol–water partition coefficient (Wildman–Crippen LogP) is 4.28. The fourth-order valence-corrected chi connectivity index (χ4v) is 3.86. The van der Waals surface area contributed by atoms with Crippen molar-refractivity contribution < 1.29 is 23.8 Å².